The summed E-state index contributed by atoms with van der Waals surface area (Å²) in [7, 11) is 0. The number of hydrogen-bond donors (Lipinski definition) is 0. The first-order valence-corrected chi connectivity index (χ1v) is 6.27. The monoisotopic (exact) mass is 247 g/mol. The summed E-state index contributed by atoms with van der Waals surface area (Å²) >= 11 is 0. The minimum Gasteiger partial charge on any atom is -0.549 e. The van der Waals surface area contributed by atoms with Gasteiger partial charge in [0.05, 0.1) is 0 Å². The molecule has 0 saturated heterocycles. The average molecular weight is 247 g/mol. The van der Waals surface area contributed by atoms with E-state index in [2.05, 4.69) is 16.9 Å². The fourth-order valence-corrected chi connectivity index (χ4v) is 2.20. The van der Waals surface area contributed by atoms with Crippen LogP contribution in [0.2, 0.25) is 0 Å². The average Bonchev–Trinajstić information content (AvgIpc) is 2.96. The molecule has 1 aliphatic carbocycles. The Morgan fingerprint density at radius 1 is 1.33 bits per heavy atom. The Bertz CT molecular complexity index is 456. The third kappa shape index (κ3) is 2.37. The molecule has 1 aromatic rings. The molecule has 1 unspecified atom stereocenters. The first kappa shape index (κ1) is 13.0. The van der Waals surface area contributed by atoms with Crippen LogP contribution >= 0.6 is 0 Å². The molecule has 1 aromatic heterocycles. The predicted molar refractivity (Wildman–Crippen MR) is 65.8 cm³/mol. The van der Waals surface area contributed by atoms with Gasteiger partial charge in [-0.15, -0.1) is 0 Å². The van der Waals surface area contributed by atoms with E-state index < -0.39 is 17.3 Å². The molecule has 4 heteroatoms. The zero-order valence-corrected chi connectivity index (χ0v) is 11.4. The lowest BCUT2D eigenvalue weighted by Crippen LogP contribution is -2.37. The summed E-state index contributed by atoms with van der Waals surface area (Å²) < 4.78 is 0. The minimum absolute atomic E-state index is 0.108. The standard InChI is InChI=1S/C14H20N2O2/c1-13(2,3)10(11(17)18)9-7-15-12(16-8-9)14(4)5-6-14/h7-8,10H,5-6H2,1-4H3,(H,17,18)/p-1. The van der Waals surface area contributed by atoms with Crippen LogP contribution in [0.1, 0.15) is 57.8 Å². The summed E-state index contributed by atoms with van der Waals surface area (Å²) in [6, 6.07) is 0. The van der Waals surface area contributed by atoms with Crippen LogP contribution in [0.25, 0.3) is 0 Å². The van der Waals surface area contributed by atoms with E-state index in [1.807, 2.05) is 20.8 Å². The molecule has 0 aromatic carbocycles. The van der Waals surface area contributed by atoms with Crippen LogP contribution in [-0.2, 0) is 10.2 Å². The van der Waals surface area contributed by atoms with Crippen LogP contribution in [0.15, 0.2) is 12.4 Å². The van der Waals surface area contributed by atoms with Crippen molar-refractivity contribution >= 4 is 5.97 Å². The normalized spacial score (nSPS) is 19.3. The van der Waals surface area contributed by atoms with Gasteiger partial charge < -0.3 is 9.90 Å². The molecule has 1 heterocycles. The Balaban J connectivity index is 2.30. The van der Waals surface area contributed by atoms with Gasteiger partial charge in [0.25, 0.3) is 0 Å². The van der Waals surface area contributed by atoms with E-state index in [0.717, 1.165) is 18.7 Å². The Morgan fingerprint density at radius 2 is 1.83 bits per heavy atom. The highest BCUT2D eigenvalue weighted by Crippen LogP contribution is 2.46. The van der Waals surface area contributed by atoms with Gasteiger partial charge in [-0.1, -0.05) is 27.7 Å². The fraction of sp³-hybridized carbons (Fsp3) is 0.643. The van der Waals surface area contributed by atoms with Gasteiger partial charge in [-0.2, -0.15) is 0 Å². The van der Waals surface area contributed by atoms with Crippen molar-refractivity contribution in [1.29, 1.82) is 0 Å². The SMILES string of the molecule is CC1(c2ncc(C(C(=O)[O-])C(C)(C)C)cn2)CC1. The Hall–Kier alpha value is -1.45. The highest BCUT2D eigenvalue weighted by Gasteiger charge is 2.42. The molecule has 0 spiro atoms. The zero-order valence-electron chi connectivity index (χ0n) is 11.4. The molecular formula is C14H19N2O2-. The molecule has 1 fully saturated rings. The largest absolute Gasteiger partial charge is 0.549 e. The lowest BCUT2D eigenvalue weighted by Gasteiger charge is -2.31. The predicted octanol–water partition coefficient (Wildman–Crippen LogP) is 1.41. The van der Waals surface area contributed by atoms with Crippen LogP contribution in [-0.4, -0.2) is 15.9 Å². The molecule has 1 aliphatic rings. The van der Waals surface area contributed by atoms with E-state index in [4.69, 9.17) is 0 Å². The first-order valence-electron chi connectivity index (χ1n) is 6.27. The van der Waals surface area contributed by atoms with Crippen molar-refractivity contribution in [1.82, 2.24) is 9.97 Å². The maximum absolute atomic E-state index is 11.3. The molecule has 4 nitrogen and oxygen atoms in total. The van der Waals surface area contributed by atoms with Crippen molar-refractivity contribution in [3.05, 3.63) is 23.8 Å². The molecule has 0 aliphatic heterocycles. The maximum Gasteiger partial charge on any atom is 0.134 e. The highest BCUT2D eigenvalue weighted by molar-refractivity contribution is 5.74. The number of carbonyl (C=O) groups is 1. The van der Waals surface area contributed by atoms with Gasteiger partial charge >= 0.3 is 0 Å². The Kier molecular flexibility index (Phi) is 2.92. The quantitative estimate of drug-likeness (QED) is 0.810. The molecule has 98 valence electrons. The molecular weight excluding hydrogens is 228 g/mol. The number of aliphatic carboxylic acids is 1. The molecule has 1 saturated carbocycles. The van der Waals surface area contributed by atoms with Crippen LogP contribution in [0.4, 0.5) is 0 Å². The topological polar surface area (TPSA) is 65.9 Å². The van der Waals surface area contributed by atoms with Crippen LogP contribution < -0.4 is 5.11 Å². The summed E-state index contributed by atoms with van der Waals surface area (Å²) in [5, 5.41) is 11.3. The van der Waals surface area contributed by atoms with Gasteiger partial charge in [0.2, 0.25) is 0 Å². The number of carboxylic acid groups (broad SMARTS) is 1. The van der Waals surface area contributed by atoms with Crippen molar-refractivity contribution in [3.8, 4) is 0 Å². The Morgan fingerprint density at radius 3 is 2.17 bits per heavy atom. The van der Waals surface area contributed by atoms with Gasteiger partial charge in [0.1, 0.15) is 5.82 Å². The summed E-state index contributed by atoms with van der Waals surface area (Å²) in [6.07, 6.45) is 5.49. The van der Waals surface area contributed by atoms with E-state index in [1.54, 1.807) is 12.4 Å². The van der Waals surface area contributed by atoms with Gasteiger partial charge in [0.15, 0.2) is 0 Å². The van der Waals surface area contributed by atoms with Crippen LogP contribution in [0.5, 0.6) is 0 Å². The number of hydrogen-bond acceptors (Lipinski definition) is 4. The number of carboxylic acids is 1. The summed E-state index contributed by atoms with van der Waals surface area (Å²) in [6.45, 7) is 7.76. The van der Waals surface area contributed by atoms with Gasteiger partial charge in [-0.05, 0) is 23.8 Å². The number of aromatic nitrogens is 2. The van der Waals surface area contributed by atoms with Crippen LogP contribution in [0.3, 0.4) is 0 Å². The third-order valence-electron chi connectivity index (χ3n) is 3.65. The van der Waals surface area contributed by atoms with Gasteiger partial charge in [-0.25, -0.2) is 9.97 Å². The Labute approximate surface area is 107 Å². The van der Waals surface area contributed by atoms with E-state index in [0.29, 0.717) is 5.56 Å². The molecule has 1 atom stereocenters. The van der Waals surface area contributed by atoms with Gasteiger partial charge in [-0.3, -0.25) is 0 Å². The molecule has 0 amide bonds. The lowest BCUT2D eigenvalue weighted by molar-refractivity contribution is -0.310. The second kappa shape index (κ2) is 4.04. The fourth-order valence-electron chi connectivity index (χ4n) is 2.20. The molecule has 2 rings (SSSR count). The van der Waals surface area contributed by atoms with Crippen molar-refractivity contribution < 1.29 is 9.90 Å². The van der Waals surface area contributed by atoms with Crippen molar-refractivity contribution in [2.45, 2.75) is 51.9 Å². The summed E-state index contributed by atoms with van der Waals surface area (Å²) in [5.74, 6) is -0.938. The summed E-state index contributed by atoms with van der Waals surface area (Å²) in [4.78, 5) is 19.9. The third-order valence-corrected chi connectivity index (χ3v) is 3.65. The van der Waals surface area contributed by atoms with E-state index in [1.165, 1.54) is 0 Å². The second-order valence-electron chi connectivity index (χ2n) is 6.52. The zero-order chi connectivity index (χ0) is 13.6. The second-order valence-corrected chi connectivity index (χ2v) is 6.52. The van der Waals surface area contributed by atoms with Crippen molar-refractivity contribution in [2.75, 3.05) is 0 Å². The highest BCUT2D eigenvalue weighted by atomic mass is 16.4. The van der Waals surface area contributed by atoms with Crippen molar-refractivity contribution in [3.63, 3.8) is 0 Å². The molecule has 0 radical (unpaired) electrons. The maximum atomic E-state index is 11.3. The van der Waals surface area contributed by atoms with E-state index in [-0.39, 0.29) is 5.41 Å². The summed E-state index contributed by atoms with van der Waals surface area (Å²) in [5.41, 5.74) is 0.320. The number of nitrogens with zero attached hydrogens (tertiary/aromatic N) is 2. The van der Waals surface area contributed by atoms with E-state index in [9.17, 15) is 9.90 Å². The smallest absolute Gasteiger partial charge is 0.134 e. The number of rotatable bonds is 3. The van der Waals surface area contributed by atoms with Crippen LogP contribution in [0, 0.1) is 5.41 Å². The first-order chi connectivity index (χ1) is 8.24. The molecule has 0 N–H and O–H groups in total. The van der Waals surface area contributed by atoms with E-state index >= 15 is 0 Å². The number of carbonyl (C=O) groups excluding carboxylic acids is 1. The molecule has 0 bridgehead atoms. The van der Waals surface area contributed by atoms with Crippen molar-refractivity contribution in [2.24, 2.45) is 5.41 Å². The lowest BCUT2D eigenvalue weighted by atomic mass is 9.77. The minimum atomic E-state index is -1.07. The van der Waals surface area contributed by atoms with Gasteiger partial charge in [0, 0.05) is 29.7 Å². The molecule has 18 heavy (non-hydrogen) atoms.